The molecule has 2 unspecified atom stereocenters. The number of benzene rings is 1. The lowest BCUT2D eigenvalue weighted by Crippen LogP contribution is -2.30. The van der Waals surface area contributed by atoms with E-state index in [1.807, 2.05) is 24.3 Å². The molecule has 0 heterocycles. The Bertz CT molecular complexity index is 384. The van der Waals surface area contributed by atoms with Crippen LogP contribution in [-0.2, 0) is 9.47 Å². The molecule has 0 spiro atoms. The van der Waals surface area contributed by atoms with Crippen LogP contribution in [-0.4, -0.2) is 33.0 Å². The van der Waals surface area contributed by atoms with Crippen molar-refractivity contribution in [1.82, 2.24) is 0 Å². The molecule has 0 aliphatic carbocycles. The third-order valence-corrected chi connectivity index (χ3v) is 3.45. The van der Waals surface area contributed by atoms with Gasteiger partial charge in [-0.3, -0.25) is 0 Å². The smallest absolute Gasteiger partial charge is 0.119 e. The molecule has 21 heavy (non-hydrogen) atoms. The molecule has 0 aliphatic rings. The van der Waals surface area contributed by atoms with Gasteiger partial charge in [-0.1, -0.05) is 32.4 Å². The summed E-state index contributed by atoms with van der Waals surface area (Å²) in [6.07, 6.45) is 2.97. The zero-order valence-corrected chi connectivity index (χ0v) is 13.5. The first-order valence-electron chi connectivity index (χ1n) is 7.81. The molecule has 4 nitrogen and oxygen atoms in total. The summed E-state index contributed by atoms with van der Waals surface area (Å²) in [7, 11) is 1.66. The number of nitrogens with two attached hydrogens (primary N) is 1. The second-order valence-electron chi connectivity index (χ2n) is 5.11. The minimum absolute atomic E-state index is 0.0345. The molecule has 2 atom stereocenters. The fourth-order valence-electron chi connectivity index (χ4n) is 2.08. The molecule has 1 aromatic carbocycles. The molecule has 0 saturated heterocycles. The molecule has 0 aliphatic heterocycles. The summed E-state index contributed by atoms with van der Waals surface area (Å²) in [6.45, 7) is 6.18. The van der Waals surface area contributed by atoms with Crippen LogP contribution in [0, 0.1) is 0 Å². The van der Waals surface area contributed by atoms with Gasteiger partial charge in [0.1, 0.15) is 5.75 Å². The largest absolute Gasteiger partial charge is 0.497 e. The highest BCUT2D eigenvalue weighted by molar-refractivity contribution is 5.30. The third-order valence-electron chi connectivity index (χ3n) is 3.45. The summed E-state index contributed by atoms with van der Waals surface area (Å²) in [6, 6.07) is 7.86. The van der Waals surface area contributed by atoms with Crippen molar-refractivity contribution in [2.75, 3.05) is 26.9 Å². The third kappa shape index (κ3) is 6.46. The molecular weight excluding hydrogens is 266 g/mol. The number of hydrogen-bond acceptors (Lipinski definition) is 4. The van der Waals surface area contributed by atoms with Crippen LogP contribution in [0.4, 0.5) is 0 Å². The average molecular weight is 295 g/mol. The predicted molar refractivity (Wildman–Crippen MR) is 85.7 cm³/mol. The Kier molecular flexibility index (Phi) is 9.06. The minimum atomic E-state index is -0.125. The Hall–Kier alpha value is -1.10. The lowest BCUT2D eigenvalue weighted by Gasteiger charge is -2.24. The van der Waals surface area contributed by atoms with Gasteiger partial charge in [0.15, 0.2) is 0 Å². The highest BCUT2D eigenvalue weighted by Gasteiger charge is 2.19. The quantitative estimate of drug-likeness (QED) is 0.636. The Morgan fingerprint density at radius 2 is 1.95 bits per heavy atom. The fraction of sp³-hybridized carbons (Fsp3) is 0.647. The van der Waals surface area contributed by atoms with Gasteiger partial charge in [0.05, 0.1) is 26.4 Å². The molecule has 0 aromatic heterocycles. The Morgan fingerprint density at radius 3 is 2.62 bits per heavy atom. The zero-order valence-electron chi connectivity index (χ0n) is 13.5. The SMILES string of the molecule is CCCCOCCOC(c1cccc(OC)c1)C(N)CC. The lowest BCUT2D eigenvalue weighted by molar-refractivity contribution is -0.00827. The summed E-state index contributed by atoms with van der Waals surface area (Å²) < 4.78 is 16.8. The second-order valence-corrected chi connectivity index (χ2v) is 5.11. The van der Waals surface area contributed by atoms with Gasteiger partial charge in [-0.25, -0.2) is 0 Å². The molecule has 4 heteroatoms. The van der Waals surface area contributed by atoms with E-state index < -0.39 is 0 Å². The highest BCUT2D eigenvalue weighted by Crippen LogP contribution is 2.25. The van der Waals surface area contributed by atoms with Crippen LogP contribution >= 0.6 is 0 Å². The first-order valence-corrected chi connectivity index (χ1v) is 7.81. The Labute approximate surface area is 128 Å². The van der Waals surface area contributed by atoms with Crippen molar-refractivity contribution in [3.05, 3.63) is 29.8 Å². The normalized spacial score (nSPS) is 13.9. The summed E-state index contributed by atoms with van der Waals surface area (Å²) in [5, 5.41) is 0. The van der Waals surface area contributed by atoms with Crippen molar-refractivity contribution in [2.24, 2.45) is 5.73 Å². The zero-order chi connectivity index (χ0) is 15.5. The van der Waals surface area contributed by atoms with E-state index in [1.54, 1.807) is 7.11 Å². The minimum Gasteiger partial charge on any atom is -0.497 e. The van der Waals surface area contributed by atoms with Gasteiger partial charge in [0.2, 0.25) is 0 Å². The van der Waals surface area contributed by atoms with E-state index in [2.05, 4.69) is 13.8 Å². The van der Waals surface area contributed by atoms with Crippen molar-refractivity contribution < 1.29 is 14.2 Å². The number of ether oxygens (including phenoxy) is 3. The Morgan fingerprint density at radius 1 is 1.14 bits per heavy atom. The fourth-order valence-corrected chi connectivity index (χ4v) is 2.08. The molecule has 0 amide bonds. The maximum absolute atomic E-state index is 6.20. The predicted octanol–water partition coefficient (Wildman–Crippen LogP) is 3.31. The van der Waals surface area contributed by atoms with Gasteiger partial charge in [-0.05, 0) is 30.5 Å². The van der Waals surface area contributed by atoms with Crippen LogP contribution in [0.25, 0.3) is 0 Å². The van der Waals surface area contributed by atoms with Crippen molar-refractivity contribution in [3.63, 3.8) is 0 Å². The van der Waals surface area contributed by atoms with Crippen LogP contribution in [0.3, 0.4) is 0 Å². The van der Waals surface area contributed by atoms with Gasteiger partial charge < -0.3 is 19.9 Å². The van der Waals surface area contributed by atoms with E-state index >= 15 is 0 Å². The van der Waals surface area contributed by atoms with Gasteiger partial charge in [-0.2, -0.15) is 0 Å². The molecule has 0 radical (unpaired) electrons. The van der Waals surface area contributed by atoms with Crippen LogP contribution in [0.15, 0.2) is 24.3 Å². The van der Waals surface area contributed by atoms with Crippen LogP contribution in [0.1, 0.15) is 44.8 Å². The summed E-state index contributed by atoms with van der Waals surface area (Å²) >= 11 is 0. The second kappa shape index (κ2) is 10.6. The van der Waals surface area contributed by atoms with Gasteiger partial charge >= 0.3 is 0 Å². The summed E-state index contributed by atoms with van der Waals surface area (Å²) in [5.41, 5.74) is 7.25. The van der Waals surface area contributed by atoms with Gasteiger partial charge in [-0.15, -0.1) is 0 Å². The number of methoxy groups -OCH3 is 1. The average Bonchev–Trinajstić information content (AvgIpc) is 2.53. The van der Waals surface area contributed by atoms with Gasteiger partial charge in [0, 0.05) is 12.6 Å². The molecule has 120 valence electrons. The van der Waals surface area contributed by atoms with E-state index in [9.17, 15) is 0 Å². The first kappa shape index (κ1) is 18.0. The van der Waals surface area contributed by atoms with Crippen LogP contribution in [0.5, 0.6) is 5.75 Å². The topological polar surface area (TPSA) is 53.7 Å². The molecule has 1 aromatic rings. The Balaban J connectivity index is 2.55. The first-order chi connectivity index (χ1) is 10.2. The molecular formula is C17H29NO3. The van der Waals surface area contributed by atoms with Crippen molar-refractivity contribution in [1.29, 1.82) is 0 Å². The van der Waals surface area contributed by atoms with Gasteiger partial charge in [0.25, 0.3) is 0 Å². The molecule has 2 N–H and O–H groups in total. The monoisotopic (exact) mass is 295 g/mol. The molecule has 0 fully saturated rings. The van der Waals surface area contributed by atoms with Crippen molar-refractivity contribution in [3.8, 4) is 5.75 Å². The van der Waals surface area contributed by atoms with Crippen LogP contribution in [0.2, 0.25) is 0 Å². The molecule has 0 saturated carbocycles. The number of unbranched alkanes of at least 4 members (excludes halogenated alkanes) is 1. The standard InChI is InChI=1S/C17H29NO3/c1-4-6-10-20-11-12-21-17(16(18)5-2)14-8-7-9-15(13-14)19-3/h7-9,13,16-17H,4-6,10-12,18H2,1-3H3. The van der Waals surface area contributed by atoms with E-state index in [4.69, 9.17) is 19.9 Å². The maximum Gasteiger partial charge on any atom is 0.119 e. The van der Waals surface area contributed by atoms with E-state index in [0.717, 1.165) is 37.2 Å². The van der Waals surface area contributed by atoms with E-state index in [1.165, 1.54) is 0 Å². The lowest BCUT2D eigenvalue weighted by atomic mass is 10.0. The summed E-state index contributed by atoms with van der Waals surface area (Å²) in [4.78, 5) is 0. The van der Waals surface area contributed by atoms with Crippen molar-refractivity contribution >= 4 is 0 Å². The number of rotatable bonds is 11. The highest BCUT2D eigenvalue weighted by atomic mass is 16.5. The van der Waals surface area contributed by atoms with E-state index in [-0.39, 0.29) is 12.1 Å². The maximum atomic E-state index is 6.20. The molecule has 0 bridgehead atoms. The number of hydrogen-bond donors (Lipinski definition) is 1. The summed E-state index contributed by atoms with van der Waals surface area (Å²) in [5.74, 6) is 0.823. The molecule has 1 rings (SSSR count). The van der Waals surface area contributed by atoms with Crippen molar-refractivity contribution in [2.45, 2.75) is 45.3 Å². The van der Waals surface area contributed by atoms with E-state index in [0.29, 0.717) is 13.2 Å². The van der Waals surface area contributed by atoms with Crippen LogP contribution < -0.4 is 10.5 Å².